The molecule has 0 saturated heterocycles. The normalized spacial score (nSPS) is 12.6. The van der Waals surface area contributed by atoms with Gasteiger partial charge in [0.1, 0.15) is 18.1 Å². The zero-order valence-electron chi connectivity index (χ0n) is 24.2. The zero-order chi connectivity index (χ0) is 29.9. The molecule has 1 atom stereocenters. The number of fused-ring (bicyclic) bond motifs is 2. The van der Waals surface area contributed by atoms with Gasteiger partial charge in [-0.15, -0.1) is 5.10 Å². The molecule has 218 valence electrons. The van der Waals surface area contributed by atoms with Gasteiger partial charge in [-0.05, 0) is 72.1 Å². The molecule has 5 aromatic rings. The van der Waals surface area contributed by atoms with E-state index in [1.807, 2.05) is 98.7 Å². The van der Waals surface area contributed by atoms with Crippen molar-refractivity contribution in [2.24, 2.45) is 0 Å². The number of ether oxygens (including phenoxy) is 2. The Morgan fingerprint density at radius 1 is 0.930 bits per heavy atom. The highest BCUT2D eigenvalue weighted by atomic mass is 16.7. The van der Waals surface area contributed by atoms with Gasteiger partial charge in [-0.1, -0.05) is 47.7 Å². The molecule has 0 saturated carbocycles. The van der Waals surface area contributed by atoms with Crippen molar-refractivity contribution in [1.29, 1.82) is 0 Å². The van der Waals surface area contributed by atoms with Gasteiger partial charge in [0.25, 0.3) is 5.91 Å². The summed E-state index contributed by atoms with van der Waals surface area (Å²) in [5, 5.41) is 11.5. The highest BCUT2D eigenvalue weighted by Gasteiger charge is 2.34. The minimum atomic E-state index is -0.995. The SMILES string of the molecule is Cc1ccccc1CN(C(=O)Cn1nnc2ccccc21)C(C(=O)Nc1ccc(N(C)C)cc1)c1ccc2c(c1)OCO2. The van der Waals surface area contributed by atoms with Crippen molar-refractivity contribution < 1.29 is 19.1 Å². The van der Waals surface area contributed by atoms with Crippen LogP contribution in [0.3, 0.4) is 0 Å². The third kappa shape index (κ3) is 5.85. The van der Waals surface area contributed by atoms with E-state index in [1.54, 1.807) is 27.8 Å². The van der Waals surface area contributed by atoms with Crippen LogP contribution in [0.4, 0.5) is 11.4 Å². The molecule has 0 radical (unpaired) electrons. The highest BCUT2D eigenvalue weighted by Crippen LogP contribution is 2.37. The van der Waals surface area contributed by atoms with Gasteiger partial charge >= 0.3 is 0 Å². The van der Waals surface area contributed by atoms with E-state index in [-0.39, 0.29) is 31.7 Å². The van der Waals surface area contributed by atoms with E-state index in [0.29, 0.717) is 28.3 Å². The van der Waals surface area contributed by atoms with Crippen molar-refractivity contribution in [3.8, 4) is 11.5 Å². The Morgan fingerprint density at radius 2 is 1.67 bits per heavy atom. The maximum atomic E-state index is 14.3. The van der Waals surface area contributed by atoms with Gasteiger partial charge in [0.15, 0.2) is 11.5 Å². The van der Waals surface area contributed by atoms with Gasteiger partial charge in [-0.3, -0.25) is 9.59 Å². The first-order chi connectivity index (χ1) is 20.9. The lowest BCUT2D eigenvalue weighted by Gasteiger charge is -2.32. The van der Waals surface area contributed by atoms with E-state index in [4.69, 9.17) is 9.47 Å². The average molecular weight is 577 g/mol. The molecule has 10 nitrogen and oxygen atoms in total. The second kappa shape index (κ2) is 11.8. The summed E-state index contributed by atoms with van der Waals surface area (Å²) >= 11 is 0. The van der Waals surface area contributed by atoms with E-state index < -0.39 is 6.04 Å². The topological polar surface area (TPSA) is 102 Å². The fourth-order valence-electron chi connectivity index (χ4n) is 5.16. The van der Waals surface area contributed by atoms with Crippen LogP contribution in [0.2, 0.25) is 0 Å². The minimum absolute atomic E-state index is 0.0963. The van der Waals surface area contributed by atoms with Crippen molar-refractivity contribution in [3.63, 3.8) is 0 Å². The molecule has 2 heterocycles. The minimum Gasteiger partial charge on any atom is -0.454 e. The predicted octanol–water partition coefficient (Wildman–Crippen LogP) is 4.94. The first-order valence-corrected chi connectivity index (χ1v) is 14.0. The van der Waals surface area contributed by atoms with Crippen LogP contribution in [-0.2, 0) is 22.7 Å². The molecule has 1 aliphatic heterocycles. The largest absolute Gasteiger partial charge is 0.454 e. The zero-order valence-corrected chi connectivity index (χ0v) is 24.2. The van der Waals surface area contributed by atoms with Gasteiger partial charge in [0, 0.05) is 32.0 Å². The Balaban J connectivity index is 1.41. The van der Waals surface area contributed by atoms with Crippen LogP contribution in [0.25, 0.3) is 11.0 Å². The standard InChI is InChI=1S/C33H32N6O4/c1-22-8-4-5-9-24(22)19-38(31(40)20-39-28-11-7-6-10-27(28)35-36-39)32(23-12-17-29-30(18-23)43-21-42-29)33(41)34-25-13-15-26(16-14-25)37(2)3/h4-18,32H,19-21H2,1-3H3,(H,34,41). The molecule has 2 amide bonds. The summed E-state index contributed by atoms with van der Waals surface area (Å²) < 4.78 is 12.7. The summed E-state index contributed by atoms with van der Waals surface area (Å²) in [7, 11) is 3.91. The van der Waals surface area contributed by atoms with Crippen molar-refractivity contribution in [3.05, 3.63) is 108 Å². The van der Waals surface area contributed by atoms with Crippen molar-refractivity contribution in [2.45, 2.75) is 26.1 Å². The Morgan fingerprint density at radius 3 is 2.47 bits per heavy atom. The molecular formula is C33H32N6O4. The summed E-state index contributed by atoms with van der Waals surface area (Å²) in [5.41, 5.74) is 5.57. The van der Waals surface area contributed by atoms with Crippen molar-refractivity contribution in [2.75, 3.05) is 31.1 Å². The lowest BCUT2D eigenvalue weighted by molar-refractivity contribution is -0.140. The molecule has 6 rings (SSSR count). The number of benzene rings is 4. The number of para-hydroxylation sites is 1. The average Bonchev–Trinajstić information content (AvgIpc) is 3.65. The molecule has 43 heavy (non-hydrogen) atoms. The molecule has 4 aromatic carbocycles. The Kier molecular flexibility index (Phi) is 7.65. The molecular weight excluding hydrogens is 544 g/mol. The van der Waals surface area contributed by atoms with Gasteiger partial charge < -0.3 is 24.6 Å². The van der Waals surface area contributed by atoms with E-state index in [0.717, 1.165) is 22.3 Å². The van der Waals surface area contributed by atoms with Gasteiger partial charge in [-0.25, -0.2) is 4.68 Å². The lowest BCUT2D eigenvalue weighted by Crippen LogP contribution is -2.42. The maximum Gasteiger partial charge on any atom is 0.251 e. The lowest BCUT2D eigenvalue weighted by atomic mass is 10.0. The van der Waals surface area contributed by atoms with Crippen LogP contribution < -0.4 is 19.7 Å². The fraction of sp³-hybridized carbons (Fsp3) is 0.212. The number of amides is 2. The molecule has 10 heteroatoms. The molecule has 0 bridgehead atoms. The van der Waals surface area contributed by atoms with Crippen LogP contribution in [0.1, 0.15) is 22.7 Å². The number of hydrogen-bond acceptors (Lipinski definition) is 7. The fourth-order valence-corrected chi connectivity index (χ4v) is 5.16. The first-order valence-electron chi connectivity index (χ1n) is 14.0. The van der Waals surface area contributed by atoms with E-state index in [2.05, 4.69) is 15.6 Å². The second-order valence-electron chi connectivity index (χ2n) is 10.6. The van der Waals surface area contributed by atoms with Crippen LogP contribution in [0.5, 0.6) is 11.5 Å². The number of anilines is 2. The number of nitrogens with one attached hydrogen (secondary N) is 1. The van der Waals surface area contributed by atoms with Crippen LogP contribution >= 0.6 is 0 Å². The quantitative estimate of drug-likeness (QED) is 0.265. The smallest absolute Gasteiger partial charge is 0.251 e. The third-order valence-corrected chi connectivity index (χ3v) is 7.55. The number of carbonyl (C=O) groups is 2. The molecule has 1 unspecified atom stereocenters. The van der Waals surface area contributed by atoms with Gasteiger partial charge in [0.2, 0.25) is 12.7 Å². The number of rotatable bonds is 9. The number of carbonyl (C=O) groups excluding carboxylic acids is 2. The molecule has 0 fully saturated rings. The van der Waals surface area contributed by atoms with Crippen molar-refractivity contribution >= 4 is 34.2 Å². The Bertz CT molecular complexity index is 1780. The van der Waals surface area contributed by atoms with Crippen LogP contribution in [0.15, 0.2) is 91.0 Å². The predicted molar refractivity (Wildman–Crippen MR) is 164 cm³/mol. The Labute approximate surface area is 249 Å². The molecule has 1 aromatic heterocycles. The van der Waals surface area contributed by atoms with E-state index >= 15 is 0 Å². The van der Waals surface area contributed by atoms with Gasteiger partial charge in [-0.2, -0.15) is 0 Å². The summed E-state index contributed by atoms with van der Waals surface area (Å²) in [5.74, 6) is 0.464. The van der Waals surface area contributed by atoms with Gasteiger partial charge in [0.05, 0.1) is 5.52 Å². The Hall–Kier alpha value is -5.38. The molecule has 0 spiro atoms. The molecule has 1 N–H and O–H groups in total. The van der Waals surface area contributed by atoms with E-state index in [9.17, 15) is 9.59 Å². The number of aromatic nitrogens is 3. The summed E-state index contributed by atoms with van der Waals surface area (Å²) in [4.78, 5) is 32.1. The highest BCUT2D eigenvalue weighted by molar-refractivity contribution is 5.98. The van der Waals surface area contributed by atoms with Crippen LogP contribution in [0, 0.1) is 6.92 Å². The van der Waals surface area contributed by atoms with E-state index in [1.165, 1.54) is 0 Å². The number of aryl methyl sites for hydroxylation is 1. The molecule has 0 aliphatic carbocycles. The summed E-state index contributed by atoms with van der Waals surface area (Å²) in [6, 6.07) is 27.2. The van der Waals surface area contributed by atoms with Crippen LogP contribution in [-0.4, -0.2) is 52.6 Å². The maximum absolute atomic E-state index is 14.3. The number of hydrogen-bond donors (Lipinski definition) is 1. The number of nitrogens with zero attached hydrogens (tertiary/aromatic N) is 5. The molecule has 1 aliphatic rings. The van der Waals surface area contributed by atoms with Crippen molar-refractivity contribution in [1.82, 2.24) is 19.9 Å². The summed E-state index contributed by atoms with van der Waals surface area (Å²) in [6.45, 7) is 2.19. The first kappa shape index (κ1) is 27.8. The summed E-state index contributed by atoms with van der Waals surface area (Å²) in [6.07, 6.45) is 0. The third-order valence-electron chi connectivity index (χ3n) is 7.55. The second-order valence-corrected chi connectivity index (χ2v) is 10.6. The monoisotopic (exact) mass is 576 g/mol.